The molecule has 0 aliphatic heterocycles. The zero-order chi connectivity index (χ0) is 13.0. The second kappa shape index (κ2) is 6.16. The average Bonchev–Trinajstić information content (AvgIpc) is 2.84. The largest absolute Gasteiger partial charge is 0.396 e. The standard InChI is InChI=1S/C13H17ClN2O2/c14-12-4-5-15-7-11(12)13(18)16-6-9-2-1-3-10(9)8-17/h4-5,7,9-10,17H,1-3,6,8H2,(H,16,18). The number of nitrogens with zero attached hydrogens (tertiary/aromatic N) is 1. The van der Waals surface area contributed by atoms with Crippen molar-refractivity contribution in [3.63, 3.8) is 0 Å². The molecule has 1 aliphatic rings. The molecule has 0 spiro atoms. The number of aliphatic hydroxyl groups excluding tert-OH is 1. The molecule has 1 amide bonds. The van der Waals surface area contributed by atoms with Crippen LogP contribution in [0.25, 0.3) is 0 Å². The first-order valence-corrected chi connectivity index (χ1v) is 6.58. The third-order valence-electron chi connectivity index (χ3n) is 3.59. The Morgan fingerprint density at radius 1 is 1.50 bits per heavy atom. The van der Waals surface area contributed by atoms with Crippen LogP contribution >= 0.6 is 11.6 Å². The van der Waals surface area contributed by atoms with E-state index >= 15 is 0 Å². The summed E-state index contributed by atoms with van der Waals surface area (Å²) in [6.07, 6.45) is 6.25. The Labute approximate surface area is 111 Å². The van der Waals surface area contributed by atoms with Crippen LogP contribution in [0, 0.1) is 11.8 Å². The summed E-state index contributed by atoms with van der Waals surface area (Å²) in [5.41, 5.74) is 0.401. The maximum absolute atomic E-state index is 11.9. The molecule has 1 heterocycles. The van der Waals surface area contributed by atoms with Crippen LogP contribution in [0.5, 0.6) is 0 Å². The zero-order valence-electron chi connectivity index (χ0n) is 10.1. The number of aliphatic hydroxyl groups is 1. The van der Waals surface area contributed by atoms with Gasteiger partial charge in [-0.3, -0.25) is 9.78 Å². The molecule has 0 aromatic carbocycles. The number of pyridine rings is 1. The Morgan fingerprint density at radius 3 is 3.00 bits per heavy atom. The molecule has 1 fully saturated rings. The number of hydrogen-bond acceptors (Lipinski definition) is 3. The highest BCUT2D eigenvalue weighted by molar-refractivity contribution is 6.33. The van der Waals surface area contributed by atoms with Crippen molar-refractivity contribution in [3.05, 3.63) is 29.0 Å². The first-order chi connectivity index (χ1) is 8.72. The van der Waals surface area contributed by atoms with Gasteiger partial charge in [0.25, 0.3) is 5.91 Å². The Kier molecular flexibility index (Phi) is 4.55. The molecule has 0 radical (unpaired) electrons. The predicted molar refractivity (Wildman–Crippen MR) is 69.5 cm³/mol. The second-order valence-electron chi connectivity index (χ2n) is 4.70. The van der Waals surface area contributed by atoms with E-state index in [0.29, 0.717) is 29.0 Å². The van der Waals surface area contributed by atoms with E-state index in [9.17, 15) is 9.90 Å². The van der Waals surface area contributed by atoms with Gasteiger partial charge in [-0.25, -0.2) is 0 Å². The van der Waals surface area contributed by atoms with Gasteiger partial charge in [-0.05, 0) is 30.7 Å². The van der Waals surface area contributed by atoms with Gasteiger partial charge in [-0.1, -0.05) is 18.0 Å². The van der Waals surface area contributed by atoms with Gasteiger partial charge in [0, 0.05) is 25.5 Å². The summed E-state index contributed by atoms with van der Waals surface area (Å²) in [4.78, 5) is 15.8. The molecule has 2 N–H and O–H groups in total. The van der Waals surface area contributed by atoms with Crippen molar-refractivity contribution >= 4 is 17.5 Å². The number of amides is 1. The molecule has 0 bridgehead atoms. The average molecular weight is 269 g/mol. The molecule has 1 aromatic heterocycles. The highest BCUT2D eigenvalue weighted by Crippen LogP contribution is 2.30. The molecule has 1 aromatic rings. The highest BCUT2D eigenvalue weighted by Gasteiger charge is 2.26. The molecule has 98 valence electrons. The van der Waals surface area contributed by atoms with Crippen LogP contribution in [0.1, 0.15) is 29.6 Å². The summed E-state index contributed by atoms with van der Waals surface area (Å²) in [5, 5.41) is 12.5. The van der Waals surface area contributed by atoms with E-state index < -0.39 is 0 Å². The van der Waals surface area contributed by atoms with Crippen LogP contribution in [-0.4, -0.2) is 29.1 Å². The predicted octanol–water partition coefficient (Wildman–Crippen LogP) is 1.87. The quantitative estimate of drug-likeness (QED) is 0.876. The fraction of sp³-hybridized carbons (Fsp3) is 0.538. The fourth-order valence-electron chi connectivity index (χ4n) is 2.49. The lowest BCUT2D eigenvalue weighted by molar-refractivity contribution is 0.0937. The van der Waals surface area contributed by atoms with Crippen LogP contribution < -0.4 is 5.32 Å². The first-order valence-electron chi connectivity index (χ1n) is 6.21. The van der Waals surface area contributed by atoms with Crippen LogP contribution in [0.3, 0.4) is 0 Å². The van der Waals surface area contributed by atoms with Crippen LogP contribution in [0.15, 0.2) is 18.5 Å². The summed E-state index contributed by atoms with van der Waals surface area (Å²) in [7, 11) is 0. The molecule has 2 unspecified atom stereocenters. The van der Waals surface area contributed by atoms with Crippen LogP contribution in [-0.2, 0) is 0 Å². The van der Waals surface area contributed by atoms with E-state index in [2.05, 4.69) is 10.3 Å². The maximum atomic E-state index is 11.9. The normalized spacial score (nSPS) is 23.0. The van der Waals surface area contributed by atoms with E-state index in [0.717, 1.165) is 19.3 Å². The SMILES string of the molecule is O=C(NCC1CCCC1CO)c1cnccc1Cl. The number of rotatable bonds is 4. The Hall–Kier alpha value is -1.13. The number of carbonyl (C=O) groups is 1. The molecule has 5 heteroatoms. The van der Waals surface area contributed by atoms with Gasteiger partial charge in [0.2, 0.25) is 0 Å². The summed E-state index contributed by atoms with van der Waals surface area (Å²) >= 11 is 5.93. The lowest BCUT2D eigenvalue weighted by Gasteiger charge is -2.17. The number of aromatic nitrogens is 1. The molecule has 2 rings (SSSR count). The van der Waals surface area contributed by atoms with Gasteiger partial charge in [0.05, 0.1) is 10.6 Å². The van der Waals surface area contributed by atoms with Crippen molar-refractivity contribution in [1.29, 1.82) is 0 Å². The number of carbonyl (C=O) groups excluding carboxylic acids is 1. The molecule has 1 saturated carbocycles. The minimum Gasteiger partial charge on any atom is -0.396 e. The monoisotopic (exact) mass is 268 g/mol. The first kappa shape index (κ1) is 13.3. The number of nitrogens with one attached hydrogen (secondary N) is 1. The van der Waals surface area contributed by atoms with E-state index in [1.807, 2.05) is 0 Å². The molecule has 18 heavy (non-hydrogen) atoms. The van der Waals surface area contributed by atoms with Gasteiger partial charge in [-0.2, -0.15) is 0 Å². The smallest absolute Gasteiger partial charge is 0.254 e. The zero-order valence-corrected chi connectivity index (χ0v) is 10.9. The van der Waals surface area contributed by atoms with Gasteiger partial charge in [-0.15, -0.1) is 0 Å². The number of halogens is 1. The second-order valence-corrected chi connectivity index (χ2v) is 5.11. The van der Waals surface area contributed by atoms with Crippen LogP contribution in [0.4, 0.5) is 0 Å². The Morgan fingerprint density at radius 2 is 2.28 bits per heavy atom. The molecule has 0 saturated heterocycles. The van der Waals surface area contributed by atoms with Gasteiger partial charge in [0.1, 0.15) is 0 Å². The summed E-state index contributed by atoms with van der Waals surface area (Å²) in [6, 6.07) is 1.60. The molecular weight excluding hydrogens is 252 g/mol. The minimum absolute atomic E-state index is 0.198. The number of hydrogen-bond donors (Lipinski definition) is 2. The van der Waals surface area contributed by atoms with E-state index in [4.69, 9.17) is 11.6 Å². The summed E-state index contributed by atoms with van der Waals surface area (Å²) in [6.45, 7) is 0.795. The van der Waals surface area contributed by atoms with E-state index in [1.54, 1.807) is 12.3 Å². The third-order valence-corrected chi connectivity index (χ3v) is 3.92. The van der Waals surface area contributed by atoms with Crippen molar-refractivity contribution in [2.75, 3.05) is 13.2 Å². The minimum atomic E-state index is -0.198. The molecule has 2 atom stereocenters. The van der Waals surface area contributed by atoms with E-state index in [1.165, 1.54) is 6.20 Å². The van der Waals surface area contributed by atoms with Gasteiger partial charge >= 0.3 is 0 Å². The van der Waals surface area contributed by atoms with E-state index in [-0.39, 0.29) is 12.5 Å². The Balaban J connectivity index is 1.91. The third kappa shape index (κ3) is 3.00. The lowest BCUT2D eigenvalue weighted by Crippen LogP contribution is -2.31. The van der Waals surface area contributed by atoms with Crippen molar-refractivity contribution in [2.45, 2.75) is 19.3 Å². The van der Waals surface area contributed by atoms with Crippen molar-refractivity contribution in [1.82, 2.24) is 10.3 Å². The highest BCUT2D eigenvalue weighted by atomic mass is 35.5. The van der Waals surface area contributed by atoms with Gasteiger partial charge < -0.3 is 10.4 Å². The molecule has 4 nitrogen and oxygen atoms in total. The maximum Gasteiger partial charge on any atom is 0.254 e. The van der Waals surface area contributed by atoms with Crippen LogP contribution in [0.2, 0.25) is 5.02 Å². The molecule has 1 aliphatic carbocycles. The topological polar surface area (TPSA) is 62.2 Å². The summed E-state index contributed by atoms with van der Waals surface area (Å²) < 4.78 is 0. The van der Waals surface area contributed by atoms with Crippen molar-refractivity contribution in [2.24, 2.45) is 11.8 Å². The summed E-state index contributed by atoms with van der Waals surface area (Å²) in [5.74, 6) is 0.487. The van der Waals surface area contributed by atoms with Crippen molar-refractivity contribution in [3.8, 4) is 0 Å². The fourth-order valence-corrected chi connectivity index (χ4v) is 2.68. The van der Waals surface area contributed by atoms with Gasteiger partial charge in [0.15, 0.2) is 0 Å². The molecular formula is C13H17ClN2O2. The van der Waals surface area contributed by atoms with Crippen molar-refractivity contribution < 1.29 is 9.90 Å². The Bertz CT molecular complexity index is 425. The lowest BCUT2D eigenvalue weighted by atomic mass is 9.97.